The first-order chi connectivity index (χ1) is 8.22. The Kier molecular flexibility index (Phi) is 4.00. The number of piperidine rings is 1. The van der Waals surface area contributed by atoms with Crippen molar-refractivity contribution in [3.63, 3.8) is 0 Å². The number of anilines is 1. The maximum atomic E-state index is 4.43. The molecule has 0 bridgehead atoms. The van der Waals surface area contributed by atoms with Crippen molar-refractivity contribution in [1.29, 1.82) is 0 Å². The van der Waals surface area contributed by atoms with Crippen LogP contribution in [0, 0.1) is 0 Å². The van der Waals surface area contributed by atoms with Gasteiger partial charge < -0.3 is 5.32 Å². The first-order valence-corrected chi connectivity index (χ1v) is 6.62. The standard InChI is InChI=1S/C14H23N3/c1-11(2)17-9-5-4-6-13(17)12-7-8-14(15-3)16-10-12/h7-8,10-11,13H,4-6,9H2,1-3H3,(H,15,16)/t13-/m1/s1. The average Bonchev–Trinajstić information content (AvgIpc) is 2.39. The highest BCUT2D eigenvalue weighted by Crippen LogP contribution is 2.32. The van der Waals surface area contributed by atoms with E-state index in [-0.39, 0.29) is 0 Å². The van der Waals surface area contributed by atoms with Crippen molar-refractivity contribution in [1.82, 2.24) is 9.88 Å². The van der Waals surface area contributed by atoms with Crippen molar-refractivity contribution in [2.75, 3.05) is 18.9 Å². The second-order valence-electron chi connectivity index (χ2n) is 5.07. The van der Waals surface area contributed by atoms with Gasteiger partial charge in [-0.2, -0.15) is 0 Å². The third-order valence-electron chi connectivity index (χ3n) is 3.63. The summed E-state index contributed by atoms with van der Waals surface area (Å²) in [5.41, 5.74) is 1.36. The number of hydrogen-bond donors (Lipinski definition) is 1. The molecule has 0 spiro atoms. The van der Waals surface area contributed by atoms with Crippen LogP contribution in [0.4, 0.5) is 5.82 Å². The Morgan fingerprint density at radius 2 is 2.18 bits per heavy atom. The van der Waals surface area contributed by atoms with Crippen molar-refractivity contribution in [2.45, 2.75) is 45.2 Å². The molecule has 3 heteroatoms. The zero-order chi connectivity index (χ0) is 12.3. The maximum absolute atomic E-state index is 4.43. The number of pyridine rings is 1. The van der Waals surface area contributed by atoms with E-state index in [1.165, 1.54) is 31.4 Å². The highest BCUT2D eigenvalue weighted by atomic mass is 15.2. The lowest BCUT2D eigenvalue weighted by Gasteiger charge is -2.38. The molecule has 1 atom stereocenters. The molecule has 2 rings (SSSR count). The number of aromatic nitrogens is 1. The number of nitrogens with one attached hydrogen (secondary N) is 1. The van der Waals surface area contributed by atoms with Crippen LogP contribution in [0.1, 0.15) is 44.7 Å². The van der Waals surface area contributed by atoms with Crippen LogP contribution in [0.15, 0.2) is 18.3 Å². The lowest BCUT2D eigenvalue weighted by molar-refractivity contribution is 0.112. The third kappa shape index (κ3) is 2.78. The van der Waals surface area contributed by atoms with Crippen LogP contribution in [0.25, 0.3) is 0 Å². The van der Waals surface area contributed by atoms with Gasteiger partial charge in [-0.15, -0.1) is 0 Å². The fraction of sp³-hybridized carbons (Fsp3) is 0.643. The van der Waals surface area contributed by atoms with E-state index in [0.29, 0.717) is 12.1 Å². The summed E-state index contributed by atoms with van der Waals surface area (Å²) >= 11 is 0. The minimum absolute atomic E-state index is 0.558. The molecule has 1 N–H and O–H groups in total. The van der Waals surface area contributed by atoms with E-state index in [1.807, 2.05) is 13.2 Å². The largest absolute Gasteiger partial charge is 0.373 e. The zero-order valence-electron chi connectivity index (χ0n) is 11.1. The summed E-state index contributed by atoms with van der Waals surface area (Å²) in [7, 11) is 1.91. The van der Waals surface area contributed by atoms with Gasteiger partial charge >= 0.3 is 0 Å². The Hall–Kier alpha value is -1.09. The number of rotatable bonds is 3. The van der Waals surface area contributed by atoms with Gasteiger partial charge in [-0.3, -0.25) is 4.90 Å². The zero-order valence-corrected chi connectivity index (χ0v) is 11.1. The van der Waals surface area contributed by atoms with Gasteiger partial charge in [0.15, 0.2) is 0 Å². The van der Waals surface area contributed by atoms with Crippen LogP contribution in [-0.2, 0) is 0 Å². The van der Waals surface area contributed by atoms with Gasteiger partial charge in [0.2, 0.25) is 0 Å². The lowest BCUT2D eigenvalue weighted by atomic mass is 9.95. The summed E-state index contributed by atoms with van der Waals surface area (Å²) in [5, 5.41) is 3.07. The lowest BCUT2D eigenvalue weighted by Crippen LogP contribution is -2.38. The highest BCUT2D eigenvalue weighted by molar-refractivity contribution is 5.35. The molecule has 3 nitrogen and oxygen atoms in total. The van der Waals surface area contributed by atoms with Gasteiger partial charge in [0, 0.05) is 25.3 Å². The minimum Gasteiger partial charge on any atom is -0.373 e. The fourth-order valence-corrected chi connectivity index (χ4v) is 2.68. The van der Waals surface area contributed by atoms with Crippen LogP contribution in [-0.4, -0.2) is 29.5 Å². The molecule has 1 aliphatic heterocycles. The van der Waals surface area contributed by atoms with Crippen LogP contribution >= 0.6 is 0 Å². The quantitative estimate of drug-likeness (QED) is 0.869. The van der Waals surface area contributed by atoms with E-state index < -0.39 is 0 Å². The van der Waals surface area contributed by atoms with Gasteiger partial charge in [0.25, 0.3) is 0 Å². The second-order valence-corrected chi connectivity index (χ2v) is 5.07. The second kappa shape index (κ2) is 5.50. The fourth-order valence-electron chi connectivity index (χ4n) is 2.68. The molecule has 0 aromatic carbocycles. The van der Waals surface area contributed by atoms with Crippen molar-refractivity contribution >= 4 is 5.82 Å². The molecular formula is C14H23N3. The van der Waals surface area contributed by atoms with Crippen molar-refractivity contribution in [3.05, 3.63) is 23.9 Å². The van der Waals surface area contributed by atoms with E-state index in [0.717, 1.165) is 5.82 Å². The summed E-state index contributed by atoms with van der Waals surface area (Å²) in [6.07, 6.45) is 5.95. The molecule has 17 heavy (non-hydrogen) atoms. The summed E-state index contributed by atoms with van der Waals surface area (Å²) in [4.78, 5) is 7.03. The maximum Gasteiger partial charge on any atom is 0.125 e. The molecule has 1 fully saturated rings. The first kappa shape index (κ1) is 12.4. The van der Waals surface area contributed by atoms with Crippen LogP contribution in [0.3, 0.4) is 0 Å². The first-order valence-electron chi connectivity index (χ1n) is 6.62. The van der Waals surface area contributed by atoms with E-state index in [4.69, 9.17) is 0 Å². The Labute approximate surface area is 104 Å². The highest BCUT2D eigenvalue weighted by Gasteiger charge is 2.25. The van der Waals surface area contributed by atoms with Crippen LogP contribution in [0.5, 0.6) is 0 Å². The smallest absolute Gasteiger partial charge is 0.125 e. The van der Waals surface area contributed by atoms with E-state index in [9.17, 15) is 0 Å². The minimum atomic E-state index is 0.558. The average molecular weight is 233 g/mol. The van der Waals surface area contributed by atoms with Gasteiger partial charge in [-0.25, -0.2) is 4.98 Å². The topological polar surface area (TPSA) is 28.2 Å². The number of nitrogens with zero attached hydrogens (tertiary/aromatic N) is 2. The molecule has 94 valence electrons. The summed E-state index contributed by atoms with van der Waals surface area (Å²) in [5.74, 6) is 0.945. The molecule has 1 aromatic heterocycles. The molecule has 0 unspecified atom stereocenters. The molecule has 1 saturated heterocycles. The molecule has 1 aromatic rings. The summed E-state index contributed by atoms with van der Waals surface area (Å²) in [6, 6.07) is 5.46. The van der Waals surface area contributed by atoms with Crippen molar-refractivity contribution in [3.8, 4) is 0 Å². The van der Waals surface area contributed by atoms with Crippen LogP contribution in [0.2, 0.25) is 0 Å². The van der Waals surface area contributed by atoms with Gasteiger partial charge in [-0.1, -0.05) is 12.5 Å². The van der Waals surface area contributed by atoms with E-state index >= 15 is 0 Å². The predicted molar refractivity (Wildman–Crippen MR) is 72.2 cm³/mol. The van der Waals surface area contributed by atoms with Crippen molar-refractivity contribution < 1.29 is 0 Å². The van der Waals surface area contributed by atoms with E-state index in [1.54, 1.807) is 0 Å². The van der Waals surface area contributed by atoms with Crippen LogP contribution < -0.4 is 5.32 Å². The molecule has 0 aliphatic carbocycles. The summed E-state index contributed by atoms with van der Waals surface area (Å²) < 4.78 is 0. The van der Waals surface area contributed by atoms with Gasteiger partial charge in [0.05, 0.1) is 0 Å². The number of likely N-dealkylation sites (tertiary alicyclic amines) is 1. The molecule has 0 amide bonds. The van der Waals surface area contributed by atoms with Gasteiger partial charge in [-0.05, 0) is 44.9 Å². The molecule has 0 radical (unpaired) electrons. The monoisotopic (exact) mass is 233 g/mol. The number of hydrogen-bond acceptors (Lipinski definition) is 3. The third-order valence-corrected chi connectivity index (χ3v) is 3.63. The molecule has 1 aliphatic rings. The SMILES string of the molecule is CNc1ccc([C@H]2CCCCN2C(C)C)cn1. The molecular weight excluding hydrogens is 210 g/mol. The van der Waals surface area contributed by atoms with Crippen molar-refractivity contribution in [2.24, 2.45) is 0 Å². The normalized spacial score (nSPS) is 21.8. The molecule has 2 heterocycles. The Balaban J connectivity index is 2.17. The van der Waals surface area contributed by atoms with Gasteiger partial charge in [0.1, 0.15) is 5.82 Å². The Morgan fingerprint density at radius 3 is 2.76 bits per heavy atom. The molecule has 0 saturated carbocycles. The van der Waals surface area contributed by atoms with E-state index in [2.05, 4.69) is 41.2 Å². The Bertz CT molecular complexity index is 345. The Morgan fingerprint density at radius 1 is 1.35 bits per heavy atom. The summed E-state index contributed by atoms with van der Waals surface area (Å²) in [6.45, 7) is 5.79. The predicted octanol–water partition coefficient (Wildman–Crippen LogP) is 3.06.